The Morgan fingerprint density at radius 1 is 1.33 bits per heavy atom. The third kappa shape index (κ3) is 4.75. The van der Waals surface area contributed by atoms with Gasteiger partial charge in [-0.3, -0.25) is 4.79 Å². The molecule has 4 heteroatoms. The van der Waals surface area contributed by atoms with Crippen LogP contribution in [0.15, 0.2) is 18.2 Å². The predicted molar refractivity (Wildman–Crippen MR) is 75.7 cm³/mol. The Morgan fingerprint density at radius 3 is 2.72 bits per heavy atom. The molecule has 100 valence electrons. The summed E-state index contributed by atoms with van der Waals surface area (Å²) in [5.74, 6) is -0.0824. The van der Waals surface area contributed by atoms with Crippen molar-refractivity contribution in [3.63, 3.8) is 0 Å². The fourth-order valence-corrected chi connectivity index (χ4v) is 1.72. The zero-order valence-corrected chi connectivity index (χ0v) is 11.5. The Hall–Kier alpha value is -1.55. The quantitative estimate of drug-likeness (QED) is 0.595. The standard InChI is InChI=1S/C14H23N3O/c1-11-6-7-13(15)12(10-11)14(18)16-8-4-5-9-17(2)3/h6-7,10H,4-5,8-9,15H2,1-3H3,(H,16,18). The molecule has 1 aromatic carbocycles. The zero-order valence-electron chi connectivity index (χ0n) is 11.5. The highest BCUT2D eigenvalue weighted by Gasteiger charge is 2.08. The largest absolute Gasteiger partial charge is 0.398 e. The summed E-state index contributed by atoms with van der Waals surface area (Å²) in [6.07, 6.45) is 2.06. The van der Waals surface area contributed by atoms with Gasteiger partial charge in [0.15, 0.2) is 0 Å². The number of nitrogens with one attached hydrogen (secondary N) is 1. The molecule has 0 heterocycles. The summed E-state index contributed by atoms with van der Waals surface area (Å²) in [6, 6.07) is 5.50. The van der Waals surface area contributed by atoms with Gasteiger partial charge < -0.3 is 16.0 Å². The zero-order chi connectivity index (χ0) is 13.5. The molecule has 0 aliphatic heterocycles. The van der Waals surface area contributed by atoms with Crippen LogP contribution in [0.25, 0.3) is 0 Å². The predicted octanol–water partition coefficient (Wildman–Crippen LogP) is 1.65. The molecule has 0 radical (unpaired) electrons. The van der Waals surface area contributed by atoms with E-state index in [0.29, 0.717) is 17.8 Å². The molecule has 0 fully saturated rings. The number of nitrogens with two attached hydrogens (primary N) is 1. The van der Waals surface area contributed by atoms with Gasteiger partial charge in [-0.05, 0) is 52.5 Å². The Balaban J connectivity index is 2.39. The molecule has 1 amide bonds. The lowest BCUT2D eigenvalue weighted by atomic mass is 10.1. The first-order chi connectivity index (χ1) is 8.50. The van der Waals surface area contributed by atoms with E-state index in [4.69, 9.17) is 5.73 Å². The highest BCUT2D eigenvalue weighted by atomic mass is 16.1. The van der Waals surface area contributed by atoms with Gasteiger partial charge in [0.1, 0.15) is 0 Å². The van der Waals surface area contributed by atoms with Gasteiger partial charge >= 0.3 is 0 Å². The van der Waals surface area contributed by atoms with Crippen LogP contribution in [0.2, 0.25) is 0 Å². The lowest BCUT2D eigenvalue weighted by Crippen LogP contribution is -2.26. The molecular formula is C14H23N3O. The van der Waals surface area contributed by atoms with Crippen molar-refractivity contribution in [2.24, 2.45) is 0 Å². The van der Waals surface area contributed by atoms with Gasteiger partial charge in [-0.25, -0.2) is 0 Å². The number of nitrogens with zero attached hydrogens (tertiary/aromatic N) is 1. The van der Waals surface area contributed by atoms with Gasteiger partial charge in [0.05, 0.1) is 5.56 Å². The van der Waals surface area contributed by atoms with Crippen molar-refractivity contribution in [1.29, 1.82) is 0 Å². The van der Waals surface area contributed by atoms with Crippen LogP contribution < -0.4 is 11.1 Å². The Bertz CT molecular complexity index is 402. The molecule has 0 aliphatic carbocycles. The number of aryl methyl sites for hydroxylation is 1. The summed E-state index contributed by atoms with van der Waals surface area (Å²) in [4.78, 5) is 14.1. The van der Waals surface area contributed by atoms with Crippen LogP contribution in [-0.4, -0.2) is 38.0 Å². The van der Waals surface area contributed by atoms with Crippen molar-refractivity contribution >= 4 is 11.6 Å². The van der Waals surface area contributed by atoms with E-state index in [2.05, 4.69) is 10.2 Å². The molecule has 0 aliphatic rings. The van der Waals surface area contributed by atoms with E-state index in [9.17, 15) is 4.79 Å². The second-order valence-corrected chi connectivity index (χ2v) is 4.86. The number of carbonyl (C=O) groups excluding carboxylic acids is 1. The molecule has 0 atom stereocenters. The van der Waals surface area contributed by atoms with Crippen LogP contribution in [0.1, 0.15) is 28.8 Å². The maximum absolute atomic E-state index is 11.9. The molecule has 0 aromatic heterocycles. The van der Waals surface area contributed by atoms with Crippen molar-refractivity contribution in [2.45, 2.75) is 19.8 Å². The van der Waals surface area contributed by atoms with Gasteiger partial charge in [0.25, 0.3) is 5.91 Å². The second-order valence-electron chi connectivity index (χ2n) is 4.86. The average molecular weight is 249 g/mol. The molecule has 4 nitrogen and oxygen atoms in total. The van der Waals surface area contributed by atoms with Gasteiger partial charge in [-0.2, -0.15) is 0 Å². The summed E-state index contributed by atoms with van der Waals surface area (Å²) >= 11 is 0. The fourth-order valence-electron chi connectivity index (χ4n) is 1.72. The monoisotopic (exact) mass is 249 g/mol. The Labute approximate surface area is 109 Å². The molecule has 18 heavy (non-hydrogen) atoms. The molecule has 3 N–H and O–H groups in total. The SMILES string of the molecule is Cc1ccc(N)c(C(=O)NCCCCN(C)C)c1. The summed E-state index contributed by atoms with van der Waals surface area (Å²) in [7, 11) is 4.10. The second kappa shape index (κ2) is 7.01. The highest BCUT2D eigenvalue weighted by Crippen LogP contribution is 2.13. The van der Waals surface area contributed by atoms with E-state index in [-0.39, 0.29) is 5.91 Å². The maximum Gasteiger partial charge on any atom is 0.253 e. The number of nitrogen functional groups attached to an aromatic ring is 1. The van der Waals surface area contributed by atoms with Crippen LogP contribution in [0.5, 0.6) is 0 Å². The van der Waals surface area contributed by atoms with E-state index >= 15 is 0 Å². The minimum Gasteiger partial charge on any atom is -0.398 e. The van der Waals surface area contributed by atoms with Gasteiger partial charge in [0, 0.05) is 12.2 Å². The molecule has 0 bridgehead atoms. The van der Waals surface area contributed by atoms with Crippen molar-refractivity contribution in [1.82, 2.24) is 10.2 Å². The van der Waals surface area contributed by atoms with E-state index in [1.54, 1.807) is 6.07 Å². The third-order valence-electron chi connectivity index (χ3n) is 2.77. The molecule has 0 unspecified atom stereocenters. The first kappa shape index (κ1) is 14.5. The summed E-state index contributed by atoms with van der Waals surface area (Å²) in [5, 5.41) is 2.90. The molecule has 0 spiro atoms. The van der Waals surface area contributed by atoms with E-state index in [1.165, 1.54) is 0 Å². The van der Waals surface area contributed by atoms with Crippen LogP contribution >= 0.6 is 0 Å². The first-order valence-corrected chi connectivity index (χ1v) is 6.30. The lowest BCUT2D eigenvalue weighted by molar-refractivity contribution is 0.0953. The summed E-state index contributed by atoms with van der Waals surface area (Å²) in [6.45, 7) is 3.69. The summed E-state index contributed by atoms with van der Waals surface area (Å²) < 4.78 is 0. The number of amides is 1. The minimum absolute atomic E-state index is 0.0824. The highest BCUT2D eigenvalue weighted by molar-refractivity contribution is 5.99. The van der Waals surface area contributed by atoms with Crippen molar-refractivity contribution < 1.29 is 4.79 Å². The minimum atomic E-state index is -0.0824. The number of carbonyl (C=O) groups is 1. The number of hydrogen-bond acceptors (Lipinski definition) is 3. The topological polar surface area (TPSA) is 58.4 Å². The van der Waals surface area contributed by atoms with Crippen molar-refractivity contribution in [3.8, 4) is 0 Å². The Morgan fingerprint density at radius 2 is 2.06 bits per heavy atom. The Kier molecular flexibility index (Phi) is 5.65. The molecule has 1 rings (SSSR count). The molecule has 0 saturated heterocycles. The van der Waals surface area contributed by atoms with Crippen LogP contribution in [0.4, 0.5) is 5.69 Å². The maximum atomic E-state index is 11.9. The first-order valence-electron chi connectivity index (χ1n) is 6.30. The normalized spacial score (nSPS) is 10.7. The number of unbranched alkanes of at least 4 members (excludes halogenated alkanes) is 1. The van der Waals surface area contributed by atoms with Crippen LogP contribution in [0.3, 0.4) is 0 Å². The number of benzene rings is 1. The smallest absolute Gasteiger partial charge is 0.253 e. The fraction of sp³-hybridized carbons (Fsp3) is 0.500. The summed E-state index contributed by atoms with van der Waals surface area (Å²) in [5.41, 5.74) is 7.94. The molecular weight excluding hydrogens is 226 g/mol. The van der Waals surface area contributed by atoms with Crippen LogP contribution in [-0.2, 0) is 0 Å². The number of hydrogen-bond donors (Lipinski definition) is 2. The van der Waals surface area contributed by atoms with Crippen molar-refractivity contribution in [3.05, 3.63) is 29.3 Å². The van der Waals surface area contributed by atoms with Crippen LogP contribution in [0, 0.1) is 6.92 Å². The van der Waals surface area contributed by atoms with Gasteiger partial charge in [0.2, 0.25) is 0 Å². The molecule has 0 saturated carbocycles. The van der Waals surface area contributed by atoms with E-state index in [1.807, 2.05) is 33.2 Å². The van der Waals surface area contributed by atoms with Gasteiger partial charge in [-0.1, -0.05) is 11.6 Å². The van der Waals surface area contributed by atoms with Crippen molar-refractivity contribution in [2.75, 3.05) is 32.9 Å². The lowest BCUT2D eigenvalue weighted by Gasteiger charge is -2.10. The van der Waals surface area contributed by atoms with E-state index < -0.39 is 0 Å². The average Bonchev–Trinajstić information content (AvgIpc) is 2.31. The molecule has 1 aromatic rings. The van der Waals surface area contributed by atoms with E-state index in [0.717, 1.165) is 24.9 Å². The number of anilines is 1. The third-order valence-corrected chi connectivity index (χ3v) is 2.77. The number of rotatable bonds is 6. The van der Waals surface area contributed by atoms with Gasteiger partial charge in [-0.15, -0.1) is 0 Å².